The third-order valence-electron chi connectivity index (χ3n) is 7.25. The number of rotatable bonds is 6. The average Bonchev–Trinajstić information content (AvgIpc) is 3.32. The van der Waals surface area contributed by atoms with Crippen LogP contribution in [-0.2, 0) is 10.0 Å². The molecule has 7 nitrogen and oxygen atoms in total. The number of halogens is 1. The molecule has 2 atom stereocenters. The second kappa shape index (κ2) is 10.3. The number of hydrogen-bond acceptors (Lipinski definition) is 4. The maximum atomic E-state index is 11.9. The molecule has 1 aliphatic heterocycles. The van der Waals surface area contributed by atoms with Crippen LogP contribution in [0.1, 0.15) is 45.9 Å². The number of thiocarbonyl (C=S) groups is 1. The second-order valence-corrected chi connectivity index (χ2v) is 12.5. The molecule has 4 aromatic rings. The van der Waals surface area contributed by atoms with E-state index in [0.29, 0.717) is 15.8 Å². The summed E-state index contributed by atoms with van der Waals surface area (Å²) in [6.07, 6.45) is 2.93. The first-order chi connectivity index (χ1) is 18.5. The lowest BCUT2D eigenvalue weighted by molar-refractivity contribution is 0.563. The van der Waals surface area contributed by atoms with Gasteiger partial charge in [0.1, 0.15) is 0 Å². The highest BCUT2D eigenvalue weighted by atomic mass is 35.5. The van der Waals surface area contributed by atoms with E-state index in [9.17, 15) is 8.42 Å². The molecule has 1 fully saturated rings. The smallest absolute Gasteiger partial charge is 0.229 e. The summed E-state index contributed by atoms with van der Waals surface area (Å²) < 4.78 is 28.5. The molecule has 0 radical (unpaired) electrons. The van der Waals surface area contributed by atoms with Crippen LogP contribution >= 0.6 is 23.8 Å². The van der Waals surface area contributed by atoms with Gasteiger partial charge in [-0.15, -0.1) is 0 Å². The zero-order valence-corrected chi connectivity index (χ0v) is 24.7. The van der Waals surface area contributed by atoms with Crippen molar-refractivity contribution in [3.63, 3.8) is 0 Å². The fourth-order valence-electron chi connectivity index (χ4n) is 5.48. The summed E-state index contributed by atoms with van der Waals surface area (Å²) >= 11 is 12.3. The van der Waals surface area contributed by atoms with Gasteiger partial charge in [-0.2, -0.15) is 0 Å². The monoisotopic (exact) mass is 579 g/mol. The Morgan fingerprint density at radius 3 is 2.38 bits per heavy atom. The molecule has 2 aromatic heterocycles. The number of aryl methyl sites for hydroxylation is 1. The summed E-state index contributed by atoms with van der Waals surface area (Å²) in [6, 6.07) is 18.9. The van der Waals surface area contributed by atoms with Crippen molar-refractivity contribution in [1.82, 2.24) is 14.9 Å². The van der Waals surface area contributed by atoms with Crippen molar-refractivity contribution < 1.29 is 8.42 Å². The van der Waals surface area contributed by atoms with Gasteiger partial charge >= 0.3 is 0 Å². The van der Waals surface area contributed by atoms with Gasteiger partial charge in [-0.3, -0.25) is 9.71 Å². The van der Waals surface area contributed by atoms with Gasteiger partial charge in [-0.05, 0) is 99.6 Å². The Kier molecular flexibility index (Phi) is 7.17. The number of nitrogens with zero attached hydrogens (tertiary/aromatic N) is 3. The summed E-state index contributed by atoms with van der Waals surface area (Å²) in [6.45, 7) is 8.25. The van der Waals surface area contributed by atoms with Crippen LogP contribution in [0.4, 0.5) is 11.4 Å². The Hall–Kier alpha value is -3.40. The molecule has 0 aliphatic carbocycles. The molecule has 0 unspecified atom stereocenters. The van der Waals surface area contributed by atoms with Gasteiger partial charge in [-0.25, -0.2) is 8.42 Å². The van der Waals surface area contributed by atoms with Gasteiger partial charge in [0.2, 0.25) is 10.0 Å². The van der Waals surface area contributed by atoms with Gasteiger partial charge in [0.05, 0.1) is 29.7 Å². The Balaban J connectivity index is 1.69. The number of nitrogens with one attached hydrogen (secondary N) is 2. The topological polar surface area (TPSA) is 79.3 Å². The summed E-state index contributed by atoms with van der Waals surface area (Å²) in [4.78, 5) is 6.79. The Labute approximate surface area is 239 Å². The van der Waals surface area contributed by atoms with Crippen molar-refractivity contribution in [3.05, 3.63) is 106 Å². The SMILES string of the molecule is Cc1cc(N2C(=S)N[C@@H](c3ccccn3)[C@@H]2c2c(C)c(C)n(-c3cccc(Cl)c3)c2C)ccc1NS(C)(=O)=O. The van der Waals surface area contributed by atoms with Crippen LogP contribution in [-0.4, -0.2) is 29.3 Å². The average molecular weight is 580 g/mol. The summed E-state index contributed by atoms with van der Waals surface area (Å²) in [7, 11) is -3.41. The standard InChI is InChI=1S/C29H30ClN5O2S2/c1-17-15-23(12-13-24(17)33-39(5,36)37)35-28(27(32-29(35)38)25-11-6-7-14-31-25)26-18(2)19(3)34(20(26)4)22-10-8-9-21(30)16-22/h6-16,27-28,33H,1-5H3,(H,32,38)/t27-,28-/m0/s1. The van der Waals surface area contributed by atoms with Crippen molar-refractivity contribution in [2.75, 3.05) is 15.9 Å². The Bertz CT molecular complexity index is 1690. The first-order valence-corrected chi connectivity index (χ1v) is 15.2. The molecule has 0 spiro atoms. The van der Waals surface area contributed by atoms with E-state index in [1.54, 1.807) is 12.3 Å². The minimum atomic E-state index is -3.41. The molecule has 2 N–H and O–H groups in total. The minimum absolute atomic E-state index is 0.208. The van der Waals surface area contributed by atoms with Crippen molar-refractivity contribution in [3.8, 4) is 5.69 Å². The number of anilines is 2. The van der Waals surface area contributed by atoms with E-state index in [1.807, 2.05) is 55.5 Å². The van der Waals surface area contributed by atoms with E-state index in [-0.39, 0.29) is 12.1 Å². The van der Waals surface area contributed by atoms with Crippen molar-refractivity contribution in [1.29, 1.82) is 0 Å². The Morgan fingerprint density at radius 2 is 1.74 bits per heavy atom. The molecular formula is C29H30ClN5O2S2. The minimum Gasteiger partial charge on any atom is -0.351 e. The van der Waals surface area contributed by atoms with Crippen LogP contribution in [0.25, 0.3) is 5.69 Å². The lowest BCUT2D eigenvalue weighted by Gasteiger charge is -2.29. The first-order valence-electron chi connectivity index (χ1n) is 12.5. The van der Waals surface area contributed by atoms with E-state index in [1.165, 1.54) is 0 Å². The highest BCUT2D eigenvalue weighted by Gasteiger charge is 2.43. The molecule has 1 aliphatic rings. The molecule has 1 saturated heterocycles. The molecule has 202 valence electrons. The van der Waals surface area contributed by atoms with E-state index in [2.05, 4.69) is 51.3 Å². The predicted molar refractivity (Wildman–Crippen MR) is 163 cm³/mol. The molecule has 0 bridgehead atoms. The number of benzene rings is 2. The van der Waals surface area contributed by atoms with E-state index >= 15 is 0 Å². The van der Waals surface area contributed by atoms with Gasteiger partial charge in [0.25, 0.3) is 0 Å². The van der Waals surface area contributed by atoms with Crippen LogP contribution in [0, 0.1) is 27.7 Å². The summed E-state index contributed by atoms with van der Waals surface area (Å²) in [5.74, 6) is 0. The third kappa shape index (κ3) is 5.14. The van der Waals surface area contributed by atoms with Gasteiger partial charge in [0, 0.05) is 39.5 Å². The molecular weight excluding hydrogens is 550 g/mol. The van der Waals surface area contributed by atoms with Crippen molar-refractivity contribution >= 4 is 50.3 Å². The second-order valence-electron chi connectivity index (χ2n) is 9.89. The van der Waals surface area contributed by atoms with Crippen molar-refractivity contribution in [2.24, 2.45) is 0 Å². The van der Waals surface area contributed by atoms with E-state index < -0.39 is 10.0 Å². The molecule has 10 heteroatoms. The fourth-order valence-corrected chi connectivity index (χ4v) is 6.64. The summed E-state index contributed by atoms with van der Waals surface area (Å²) in [5, 5.41) is 4.77. The highest BCUT2D eigenvalue weighted by Crippen LogP contribution is 2.46. The number of aromatic nitrogens is 2. The largest absolute Gasteiger partial charge is 0.351 e. The molecule has 3 heterocycles. The third-order valence-corrected chi connectivity index (χ3v) is 8.39. The summed E-state index contributed by atoms with van der Waals surface area (Å²) in [5.41, 5.74) is 8.56. The number of sulfonamides is 1. The van der Waals surface area contributed by atoms with Gasteiger partial charge in [-0.1, -0.05) is 23.7 Å². The Morgan fingerprint density at radius 1 is 0.974 bits per heavy atom. The quantitative estimate of drug-likeness (QED) is 0.261. The van der Waals surface area contributed by atoms with E-state index in [4.69, 9.17) is 23.8 Å². The highest BCUT2D eigenvalue weighted by molar-refractivity contribution is 7.92. The predicted octanol–water partition coefficient (Wildman–Crippen LogP) is 6.31. The first kappa shape index (κ1) is 27.2. The van der Waals surface area contributed by atoms with Crippen LogP contribution in [0.2, 0.25) is 5.02 Å². The van der Waals surface area contributed by atoms with Gasteiger partial charge < -0.3 is 14.8 Å². The van der Waals surface area contributed by atoms with Crippen LogP contribution in [0.5, 0.6) is 0 Å². The normalized spacial score (nSPS) is 17.4. The number of hydrogen-bond donors (Lipinski definition) is 2. The van der Waals surface area contributed by atoms with Crippen LogP contribution < -0.4 is 14.9 Å². The lowest BCUT2D eigenvalue weighted by atomic mass is 9.93. The molecule has 0 amide bonds. The molecule has 0 saturated carbocycles. The van der Waals surface area contributed by atoms with Crippen LogP contribution in [0.15, 0.2) is 66.9 Å². The zero-order chi connectivity index (χ0) is 28.1. The maximum Gasteiger partial charge on any atom is 0.229 e. The molecule has 2 aromatic carbocycles. The zero-order valence-electron chi connectivity index (χ0n) is 22.4. The fraction of sp³-hybridized carbons (Fsp3) is 0.241. The maximum absolute atomic E-state index is 11.9. The van der Waals surface area contributed by atoms with E-state index in [0.717, 1.165) is 51.4 Å². The van der Waals surface area contributed by atoms with Crippen LogP contribution in [0.3, 0.4) is 0 Å². The van der Waals surface area contributed by atoms with Gasteiger partial charge in [0.15, 0.2) is 5.11 Å². The lowest BCUT2D eigenvalue weighted by Crippen LogP contribution is -2.30. The van der Waals surface area contributed by atoms with Crippen molar-refractivity contribution in [2.45, 2.75) is 39.8 Å². The molecule has 5 rings (SSSR count). The number of pyridine rings is 1. The molecule has 39 heavy (non-hydrogen) atoms.